The second-order valence-electron chi connectivity index (χ2n) is 6.14. The summed E-state index contributed by atoms with van der Waals surface area (Å²) in [4.78, 5) is 14.4. The van der Waals surface area contributed by atoms with Gasteiger partial charge in [-0.05, 0) is 37.9 Å². The lowest BCUT2D eigenvalue weighted by molar-refractivity contribution is -0.127. The minimum Gasteiger partial charge on any atom is -0.301 e. The number of aryl methyl sites for hydroxylation is 1. The van der Waals surface area contributed by atoms with Crippen molar-refractivity contribution < 1.29 is 4.79 Å². The van der Waals surface area contributed by atoms with Crippen molar-refractivity contribution in [1.29, 1.82) is 0 Å². The number of carbonyl (C=O) groups excluding carboxylic acids is 1. The number of hydrogen-bond acceptors (Lipinski definition) is 3. The molecule has 0 aliphatic carbocycles. The molecule has 1 saturated heterocycles. The summed E-state index contributed by atoms with van der Waals surface area (Å²) in [6, 6.07) is 0. The number of piperidine rings is 1. The molecule has 1 aliphatic heterocycles. The van der Waals surface area contributed by atoms with Gasteiger partial charge in [0.1, 0.15) is 5.78 Å². The summed E-state index contributed by atoms with van der Waals surface area (Å²) in [7, 11) is 0. The van der Waals surface area contributed by atoms with Crippen LogP contribution in [-0.4, -0.2) is 40.1 Å². The summed E-state index contributed by atoms with van der Waals surface area (Å²) in [6.07, 6.45) is 7.18. The van der Waals surface area contributed by atoms with Crippen molar-refractivity contribution in [1.82, 2.24) is 14.7 Å². The summed E-state index contributed by atoms with van der Waals surface area (Å²) < 4.78 is 2.03. The average molecular weight is 277 g/mol. The smallest absolute Gasteiger partial charge is 0.138 e. The molecule has 2 heterocycles. The molecule has 0 bridgehead atoms. The molecular formula is C16H27N3O. The Bertz CT molecular complexity index is 431. The molecule has 0 spiro atoms. The van der Waals surface area contributed by atoms with E-state index in [0.717, 1.165) is 45.4 Å². The number of rotatable bonds is 6. The van der Waals surface area contributed by atoms with Gasteiger partial charge >= 0.3 is 0 Å². The largest absolute Gasteiger partial charge is 0.301 e. The Balaban J connectivity index is 1.73. The lowest BCUT2D eigenvalue weighted by Crippen LogP contribution is -2.39. The number of carbonyl (C=O) groups is 1. The molecule has 1 aromatic rings. The van der Waals surface area contributed by atoms with E-state index in [1.165, 1.54) is 5.56 Å². The highest BCUT2D eigenvalue weighted by atomic mass is 16.1. The van der Waals surface area contributed by atoms with Gasteiger partial charge in [0.25, 0.3) is 0 Å². The number of likely N-dealkylation sites (tertiary alicyclic amines) is 1. The molecule has 1 aliphatic rings. The second-order valence-corrected chi connectivity index (χ2v) is 6.14. The van der Waals surface area contributed by atoms with Gasteiger partial charge in [-0.3, -0.25) is 9.48 Å². The van der Waals surface area contributed by atoms with Crippen molar-refractivity contribution >= 4 is 5.78 Å². The van der Waals surface area contributed by atoms with Crippen molar-refractivity contribution in [2.75, 3.05) is 19.6 Å². The van der Waals surface area contributed by atoms with Crippen LogP contribution in [0, 0.1) is 11.8 Å². The van der Waals surface area contributed by atoms with E-state index in [9.17, 15) is 4.79 Å². The topological polar surface area (TPSA) is 38.1 Å². The maximum Gasteiger partial charge on any atom is 0.138 e. The van der Waals surface area contributed by atoms with Gasteiger partial charge in [0, 0.05) is 24.6 Å². The fraction of sp³-hybridized carbons (Fsp3) is 0.750. The SMILES string of the molecule is CCc1cnn(CCN2CCC(C(=O)C(C)C)CC2)c1. The van der Waals surface area contributed by atoms with E-state index in [-0.39, 0.29) is 5.92 Å². The van der Waals surface area contributed by atoms with Crippen LogP contribution in [0.1, 0.15) is 39.2 Å². The van der Waals surface area contributed by atoms with Crippen LogP contribution in [0.15, 0.2) is 12.4 Å². The number of ketones is 1. The van der Waals surface area contributed by atoms with Gasteiger partial charge in [-0.2, -0.15) is 5.10 Å². The normalized spacial score (nSPS) is 17.8. The van der Waals surface area contributed by atoms with E-state index in [1.807, 2.05) is 24.7 Å². The van der Waals surface area contributed by atoms with E-state index >= 15 is 0 Å². The van der Waals surface area contributed by atoms with Crippen LogP contribution in [0.25, 0.3) is 0 Å². The molecule has 1 aromatic heterocycles. The van der Waals surface area contributed by atoms with Crippen molar-refractivity contribution in [2.45, 2.75) is 46.6 Å². The highest BCUT2D eigenvalue weighted by Gasteiger charge is 2.26. The fourth-order valence-corrected chi connectivity index (χ4v) is 2.87. The first-order chi connectivity index (χ1) is 9.60. The van der Waals surface area contributed by atoms with E-state index in [1.54, 1.807) is 0 Å². The summed E-state index contributed by atoms with van der Waals surface area (Å²) in [6.45, 7) is 10.2. The van der Waals surface area contributed by atoms with E-state index < -0.39 is 0 Å². The molecule has 0 saturated carbocycles. The Morgan fingerprint density at radius 1 is 1.35 bits per heavy atom. The third-order valence-corrected chi connectivity index (χ3v) is 4.30. The molecule has 0 aromatic carbocycles. The van der Waals surface area contributed by atoms with E-state index in [4.69, 9.17) is 0 Å². The van der Waals surface area contributed by atoms with Crippen LogP contribution < -0.4 is 0 Å². The summed E-state index contributed by atoms with van der Waals surface area (Å²) in [5.41, 5.74) is 1.30. The predicted octanol–water partition coefficient (Wildman–Crippen LogP) is 2.38. The van der Waals surface area contributed by atoms with Gasteiger partial charge < -0.3 is 4.90 Å². The molecule has 4 heteroatoms. The van der Waals surface area contributed by atoms with Gasteiger partial charge in [-0.25, -0.2) is 0 Å². The maximum atomic E-state index is 12.0. The predicted molar refractivity (Wildman–Crippen MR) is 80.6 cm³/mol. The number of aromatic nitrogens is 2. The quantitative estimate of drug-likeness (QED) is 0.801. The Labute approximate surface area is 122 Å². The van der Waals surface area contributed by atoms with Crippen molar-refractivity contribution in [3.05, 3.63) is 18.0 Å². The molecule has 0 N–H and O–H groups in total. The summed E-state index contributed by atoms with van der Waals surface area (Å²) >= 11 is 0. The van der Waals surface area contributed by atoms with Crippen LogP contribution in [0.2, 0.25) is 0 Å². The van der Waals surface area contributed by atoms with Crippen LogP contribution in [-0.2, 0) is 17.8 Å². The molecule has 0 unspecified atom stereocenters. The van der Waals surface area contributed by atoms with Gasteiger partial charge in [0.05, 0.1) is 12.7 Å². The Hall–Kier alpha value is -1.16. The highest BCUT2D eigenvalue weighted by molar-refractivity contribution is 5.82. The Morgan fingerprint density at radius 3 is 2.60 bits per heavy atom. The third kappa shape index (κ3) is 3.92. The minimum absolute atomic E-state index is 0.183. The highest BCUT2D eigenvalue weighted by Crippen LogP contribution is 2.21. The van der Waals surface area contributed by atoms with Crippen molar-refractivity contribution in [2.24, 2.45) is 11.8 Å². The zero-order chi connectivity index (χ0) is 14.5. The van der Waals surface area contributed by atoms with Crippen LogP contribution in [0.4, 0.5) is 0 Å². The third-order valence-electron chi connectivity index (χ3n) is 4.30. The molecule has 0 radical (unpaired) electrons. The number of Topliss-reactive ketones (excluding diaryl/α,β-unsaturated/α-hetero) is 1. The fourth-order valence-electron chi connectivity index (χ4n) is 2.87. The van der Waals surface area contributed by atoms with Crippen LogP contribution >= 0.6 is 0 Å². The van der Waals surface area contributed by atoms with Gasteiger partial charge in [-0.15, -0.1) is 0 Å². The minimum atomic E-state index is 0.183. The molecule has 4 nitrogen and oxygen atoms in total. The molecule has 2 rings (SSSR count). The zero-order valence-corrected chi connectivity index (χ0v) is 13.0. The molecule has 112 valence electrons. The van der Waals surface area contributed by atoms with E-state index in [0.29, 0.717) is 11.7 Å². The average Bonchev–Trinajstić information content (AvgIpc) is 2.93. The number of nitrogens with zero attached hydrogens (tertiary/aromatic N) is 3. The molecule has 1 fully saturated rings. The number of hydrogen-bond donors (Lipinski definition) is 0. The van der Waals surface area contributed by atoms with Crippen LogP contribution in [0.5, 0.6) is 0 Å². The zero-order valence-electron chi connectivity index (χ0n) is 13.0. The van der Waals surface area contributed by atoms with Gasteiger partial charge in [-0.1, -0.05) is 20.8 Å². The summed E-state index contributed by atoms with van der Waals surface area (Å²) in [5.74, 6) is 0.926. The Kier molecular flexibility index (Phi) is 5.35. The van der Waals surface area contributed by atoms with Crippen molar-refractivity contribution in [3.8, 4) is 0 Å². The van der Waals surface area contributed by atoms with Crippen LogP contribution in [0.3, 0.4) is 0 Å². The van der Waals surface area contributed by atoms with Gasteiger partial charge in [0.2, 0.25) is 0 Å². The molecule has 20 heavy (non-hydrogen) atoms. The first-order valence-electron chi connectivity index (χ1n) is 7.87. The van der Waals surface area contributed by atoms with Crippen molar-refractivity contribution in [3.63, 3.8) is 0 Å². The molecule has 0 atom stereocenters. The second kappa shape index (κ2) is 7.02. The monoisotopic (exact) mass is 277 g/mol. The van der Waals surface area contributed by atoms with E-state index in [2.05, 4.69) is 23.1 Å². The first-order valence-corrected chi connectivity index (χ1v) is 7.87. The lowest BCUT2D eigenvalue weighted by atomic mass is 9.87. The van der Waals surface area contributed by atoms with Gasteiger partial charge in [0.15, 0.2) is 0 Å². The molecule has 0 amide bonds. The summed E-state index contributed by atoms with van der Waals surface area (Å²) in [5, 5.41) is 4.37. The standard InChI is InChI=1S/C16H27N3O/c1-4-14-11-17-19(12-14)10-9-18-7-5-15(6-8-18)16(20)13(2)3/h11-13,15H,4-10H2,1-3H3. The Morgan fingerprint density at radius 2 is 2.05 bits per heavy atom. The maximum absolute atomic E-state index is 12.0. The lowest BCUT2D eigenvalue weighted by Gasteiger charge is -2.31. The molecular weight excluding hydrogens is 250 g/mol. The first kappa shape index (κ1) is 15.2.